The zero-order valence-corrected chi connectivity index (χ0v) is 12.0. The summed E-state index contributed by atoms with van der Waals surface area (Å²) in [6, 6.07) is 11.0. The molecule has 2 rings (SSSR count). The average molecular weight is 283 g/mol. The van der Waals surface area contributed by atoms with Crippen molar-refractivity contribution in [3.8, 4) is 0 Å². The van der Waals surface area contributed by atoms with Gasteiger partial charge in [-0.2, -0.15) is 0 Å². The fraction of sp³-hybridized carbons (Fsp3) is 0.188. The number of carbonyl (C=O) groups is 2. The Morgan fingerprint density at radius 1 is 1.10 bits per heavy atom. The second-order valence-corrected chi connectivity index (χ2v) is 4.78. The molecule has 0 saturated carbocycles. The van der Waals surface area contributed by atoms with Crippen molar-refractivity contribution in [2.45, 2.75) is 20.4 Å². The van der Waals surface area contributed by atoms with E-state index in [2.05, 4.69) is 15.6 Å². The van der Waals surface area contributed by atoms with E-state index in [1.807, 2.05) is 32.0 Å². The minimum atomic E-state index is -0.683. The van der Waals surface area contributed by atoms with Gasteiger partial charge in [0, 0.05) is 11.9 Å². The first-order valence-corrected chi connectivity index (χ1v) is 6.62. The van der Waals surface area contributed by atoms with E-state index in [0.29, 0.717) is 11.4 Å². The minimum Gasteiger partial charge on any atom is -0.342 e. The van der Waals surface area contributed by atoms with Crippen molar-refractivity contribution in [2.75, 3.05) is 5.32 Å². The quantitative estimate of drug-likeness (QED) is 0.846. The Morgan fingerprint density at radius 3 is 2.57 bits per heavy atom. The molecule has 2 amide bonds. The lowest BCUT2D eigenvalue weighted by atomic mass is 10.1. The number of benzene rings is 1. The zero-order chi connectivity index (χ0) is 15.2. The van der Waals surface area contributed by atoms with Crippen LogP contribution in [0.3, 0.4) is 0 Å². The number of nitrogens with one attached hydrogen (secondary N) is 2. The maximum atomic E-state index is 11.8. The summed E-state index contributed by atoms with van der Waals surface area (Å²) in [5, 5.41) is 5.14. The van der Waals surface area contributed by atoms with Gasteiger partial charge in [0.15, 0.2) is 0 Å². The van der Waals surface area contributed by atoms with Gasteiger partial charge in [-0.25, -0.2) is 0 Å². The van der Waals surface area contributed by atoms with Gasteiger partial charge in [-0.3, -0.25) is 14.6 Å². The Hall–Kier alpha value is -2.69. The molecule has 1 aromatic heterocycles. The van der Waals surface area contributed by atoms with Crippen LogP contribution in [0.2, 0.25) is 0 Å². The average Bonchev–Trinajstić information content (AvgIpc) is 2.48. The molecule has 0 unspecified atom stereocenters. The Morgan fingerprint density at radius 2 is 1.90 bits per heavy atom. The Labute approximate surface area is 123 Å². The number of aromatic nitrogens is 1. The van der Waals surface area contributed by atoms with E-state index in [4.69, 9.17) is 0 Å². The van der Waals surface area contributed by atoms with Crippen LogP contribution >= 0.6 is 0 Å². The smallest absolute Gasteiger partial charge is 0.313 e. The molecule has 0 radical (unpaired) electrons. The van der Waals surface area contributed by atoms with E-state index < -0.39 is 11.8 Å². The highest BCUT2D eigenvalue weighted by atomic mass is 16.2. The number of aryl methyl sites for hydroxylation is 2. The van der Waals surface area contributed by atoms with Crippen molar-refractivity contribution in [3.63, 3.8) is 0 Å². The van der Waals surface area contributed by atoms with Gasteiger partial charge in [-0.1, -0.05) is 23.8 Å². The summed E-state index contributed by atoms with van der Waals surface area (Å²) in [6.07, 6.45) is 1.64. The number of rotatable bonds is 3. The van der Waals surface area contributed by atoms with Gasteiger partial charge in [0.1, 0.15) is 0 Å². The summed E-state index contributed by atoms with van der Waals surface area (Å²) in [4.78, 5) is 27.6. The van der Waals surface area contributed by atoms with E-state index in [1.165, 1.54) is 0 Å². The third-order valence-corrected chi connectivity index (χ3v) is 2.99. The Balaban J connectivity index is 1.92. The largest absolute Gasteiger partial charge is 0.342 e. The highest BCUT2D eigenvalue weighted by molar-refractivity contribution is 6.39. The Kier molecular flexibility index (Phi) is 4.66. The van der Waals surface area contributed by atoms with Crippen LogP contribution in [0.4, 0.5) is 5.69 Å². The highest BCUT2D eigenvalue weighted by Crippen LogP contribution is 2.15. The summed E-state index contributed by atoms with van der Waals surface area (Å²) in [5.74, 6) is -1.36. The number of anilines is 1. The molecule has 21 heavy (non-hydrogen) atoms. The minimum absolute atomic E-state index is 0.222. The van der Waals surface area contributed by atoms with Crippen molar-refractivity contribution < 1.29 is 9.59 Å². The predicted molar refractivity (Wildman–Crippen MR) is 80.6 cm³/mol. The van der Waals surface area contributed by atoms with Crippen molar-refractivity contribution >= 4 is 17.5 Å². The summed E-state index contributed by atoms with van der Waals surface area (Å²) in [5.41, 5.74) is 3.36. The molecule has 0 fully saturated rings. The number of pyridine rings is 1. The van der Waals surface area contributed by atoms with Gasteiger partial charge in [0.2, 0.25) is 0 Å². The molecule has 5 heteroatoms. The van der Waals surface area contributed by atoms with E-state index in [9.17, 15) is 9.59 Å². The van der Waals surface area contributed by atoms with E-state index >= 15 is 0 Å². The summed E-state index contributed by atoms with van der Waals surface area (Å²) in [6.45, 7) is 4.08. The van der Waals surface area contributed by atoms with Crippen LogP contribution in [-0.2, 0) is 16.1 Å². The number of nitrogens with zero attached hydrogens (tertiary/aromatic N) is 1. The molecule has 0 atom stereocenters. The fourth-order valence-electron chi connectivity index (χ4n) is 1.89. The molecular weight excluding hydrogens is 266 g/mol. The van der Waals surface area contributed by atoms with Crippen molar-refractivity contribution in [1.82, 2.24) is 10.3 Å². The van der Waals surface area contributed by atoms with Gasteiger partial charge in [-0.05, 0) is 37.6 Å². The zero-order valence-electron chi connectivity index (χ0n) is 12.0. The van der Waals surface area contributed by atoms with Crippen LogP contribution in [0.1, 0.15) is 16.8 Å². The SMILES string of the molecule is Cc1ccc(NC(=O)C(=O)NCc2ccccn2)c(C)c1. The molecule has 108 valence electrons. The lowest BCUT2D eigenvalue weighted by molar-refractivity contribution is -0.136. The maximum absolute atomic E-state index is 11.8. The second-order valence-electron chi connectivity index (χ2n) is 4.78. The van der Waals surface area contributed by atoms with Crippen LogP contribution < -0.4 is 10.6 Å². The monoisotopic (exact) mass is 283 g/mol. The van der Waals surface area contributed by atoms with Gasteiger partial charge >= 0.3 is 11.8 Å². The molecule has 1 aromatic carbocycles. The normalized spacial score (nSPS) is 10.0. The second kappa shape index (κ2) is 6.65. The number of carbonyl (C=O) groups excluding carboxylic acids is 2. The van der Waals surface area contributed by atoms with Gasteiger partial charge < -0.3 is 10.6 Å². The first kappa shape index (κ1) is 14.7. The third kappa shape index (κ3) is 4.14. The first-order valence-electron chi connectivity index (χ1n) is 6.62. The van der Waals surface area contributed by atoms with Crippen LogP contribution in [0.25, 0.3) is 0 Å². The molecule has 0 saturated heterocycles. The number of amides is 2. The number of hydrogen-bond donors (Lipinski definition) is 2. The first-order chi connectivity index (χ1) is 10.1. The molecule has 5 nitrogen and oxygen atoms in total. The fourth-order valence-corrected chi connectivity index (χ4v) is 1.89. The molecule has 0 bridgehead atoms. The van der Waals surface area contributed by atoms with Gasteiger partial charge in [-0.15, -0.1) is 0 Å². The lowest BCUT2D eigenvalue weighted by Gasteiger charge is -2.09. The molecule has 2 N–H and O–H groups in total. The third-order valence-electron chi connectivity index (χ3n) is 2.99. The molecule has 0 spiro atoms. The van der Waals surface area contributed by atoms with E-state index in [0.717, 1.165) is 11.1 Å². The van der Waals surface area contributed by atoms with Gasteiger partial charge in [0.25, 0.3) is 0 Å². The summed E-state index contributed by atoms with van der Waals surface area (Å²) < 4.78 is 0. The van der Waals surface area contributed by atoms with E-state index in [1.54, 1.807) is 24.4 Å². The van der Waals surface area contributed by atoms with Crippen LogP contribution in [0, 0.1) is 13.8 Å². The lowest BCUT2D eigenvalue weighted by Crippen LogP contribution is -2.35. The van der Waals surface area contributed by atoms with Crippen LogP contribution in [0.5, 0.6) is 0 Å². The molecule has 0 aliphatic carbocycles. The maximum Gasteiger partial charge on any atom is 0.313 e. The van der Waals surface area contributed by atoms with Crippen LogP contribution in [0.15, 0.2) is 42.6 Å². The van der Waals surface area contributed by atoms with Crippen molar-refractivity contribution in [3.05, 3.63) is 59.4 Å². The molecule has 0 aliphatic heterocycles. The molecular formula is C16H17N3O2. The molecule has 2 aromatic rings. The van der Waals surface area contributed by atoms with Crippen molar-refractivity contribution in [1.29, 1.82) is 0 Å². The topological polar surface area (TPSA) is 71.1 Å². The Bertz CT molecular complexity index is 654. The van der Waals surface area contributed by atoms with Crippen LogP contribution in [-0.4, -0.2) is 16.8 Å². The molecule has 0 aliphatic rings. The predicted octanol–water partition coefficient (Wildman–Crippen LogP) is 1.95. The summed E-state index contributed by atoms with van der Waals surface area (Å²) >= 11 is 0. The van der Waals surface area contributed by atoms with Crippen molar-refractivity contribution in [2.24, 2.45) is 0 Å². The standard InChI is InChI=1S/C16H17N3O2/c1-11-6-7-14(12(2)9-11)19-16(21)15(20)18-10-13-5-3-4-8-17-13/h3-9H,10H2,1-2H3,(H,18,20)(H,19,21). The summed E-state index contributed by atoms with van der Waals surface area (Å²) in [7, 11) is 0. The highest BCUT2D eigenvalue weighted by Gasteiger charge is 2.14. The molecule has 1 heterocycles. The number of hydrogen-bond acceptors (Lipinski definition) is 3. The van der Waals surface area contributed by atoms with Gasteiger partial charge in [0.05, 0.1) is 12.2 Å². The van der Waals surface area contributed by atoms with E-state index in [-0.39, 0.29) is 6.54 Å².